The van der Waals surface area contributed by atoms with E-state index in [0.717, 1.165) is 57.2 Å². The maximum absolute atomic E-state index is 5.39. The standard InChI is InChI=1S/C15H27N3O2/c1-4-6-16-13(11(2)3)9-15-17-14(18-20-15)8-12-5-7-19-10-12/h11-13,16H,4-10H2,1-3H3. The minimum atomic E-state index is 0.401. The molecule has 0 bridgehead atoms. The molecule has 1 saturated heterocycles. The zero-order chi connectivity index (χ0) is 14.4. The van der Waals surface area contributed by atoms with Gasteiger partial charge < -0.3 is 14.6 Å². The third kappa shape index (κ3) is 4.56. The summed E-state index contributed by atoms with van der Waals surface area (Å²) in [7, 11) is 0. The van der Waals surface area contributed by atoms with Gasteiger partial charge in [-0.3, -0.25) is 0 Å². The molecule has 5 heteroatoms. The van der Waals surface area contributed by atoms with Gasteiger partial charge in [0.15, 0.2) is 5.82 Å². The van der Waals surface area contributed by atoms with Gasteiger partial charge in [0.05, 0.1) is 0 Å². The number of hydrogen-bond acceptors (Lipinski definition) is 5. The van der Waals surface area contributed by atoms with Crippen molar-refractivity contribution < 1.29 is 9.26 Å². The minimum Gasteiger partial charge on any atom is -0.381 e. The Balaban J connectivity index is 1.86. The number of hydrogen-bond donors (Lipinski definition) is 1. The average molecular weight is 281 g/mol. The van der Waals surface area contributed by atoms with Crippen molar-refractivity contribution in [2.45, 2.75) is 52.5 Å². The van der Waals surface area contributed by atoms with Gasteiger partial charge in [-0.05, 0) is 31.2 Å². The molecule has 0 saturated carbocycles. The van der Waals surface area contributed by atoms with E-state index in [-0.39, 0.29) is 0 Å². The lowest BCUT2D eigenvalue weighted by Gasteiger charge is -2.20. The van der Waals surface area contributed by atoms with Crippen LogP contribution in [0.5, 0.6) is 0 Å². The van der Waals surface area contributed by atoms with E-state index < -0.39 is 0 Å². The van der Waals surface area contributed by atoms with Crippen LogP contribution in [0.4, 0.5) is 0 Å². The fourth-order valence-corrected chi connectivity index (χ4v) is 2.52. The Morgan fingerprint density at radius 2 is 2.25 bits per heavy atom. The fraction of sp³-hybridized carbons (Fsp3) is 0.867. The third-order valence-corrected chi connectivity index (χ3v) is 3.86. The lowest BCUT2D eigenvalue weighted by atomic mass is 10.0. The number of aromatic nitrogens is 2. The van der Waals surface area contributed by atoms with Crippen molar-refractivity contribution in [3.05, 3.63) is 11.7 Å². The molecule has 2 rings (SSSR count). The first-order chi connectivity index (χ1) is 9.69. The van der Waals surface area contributed by atoms with Crippen LogP contribution < -0.4 is 5.32 Å². The topological polar surface area (TPSA) is 60.2 Å². The maximum Gasteiger partial charge on any atom is 0.228 e. The van der Waals surface area contributed by atoms with E-state index in [9.17, 15) is 0 Å². The summed E-state index contributed by atoms with van der Waals surface area (Å²) < 4.78 is 10.8. The van der Waals surface area contributed by atoms with Gasteiger partial charge in [0.1, 0.15) is 0 Å². The van der Waals surface area contributed by atoms with E-state index >= 15 is 0 Å². The van der Waals surface area contributed by atoms with E-state index in [1.165, 1.54) is 0 Å². The smallest absolute Gasteiger partial charge is 0.228 e. The SMILES string of the molecule is CCCNC(Cc1nc(CC2CCOC2)no1)C(C)C. The van der Waals surface area contributed by atoms with E-state index in [0.29, 0.717) is 17.9 Å². The van der Waals surface area contributed by atoms with Gasteiger partial charge in [0, 0.05) is 32.1 Å². The van der Waals surface area contributed by atoms with Crippen LogP contribution in [0, 0.1) is 11.8 Å². The van der Waals surface area contributed by atoms with Crippen molar-refractivity contribution in [2.24, 2.45) is 11.8 Å². The molecule has 0 radical (unpaired) electrons. The summed E-state index contributed by atoms with van der Waals surface area (Å²) in [6.45, 7) is 9.35. The van der Waals surface area contributed by atoms with Crippen molar-refractivity contribution in [3.63, 3.8) is 0 Å². The highest BCUT2D eigenvalue weighted by Crippen LogP contribution is 2.17. The first-order valence-electron chi connectivity index (χ1n) is 7.81. The molecule has 0 spiro atoms. The molecule has 2 heterocycles. The monoisotopic (exact) mass is 281 g/mol. The predicted octanol–water partition coefficient (Wildman–Crippen LogP) is 2.22. The molecule has 1 aromatic rings. The number of nitrogens with zero attached hydrogens (tertiary/aromatic N) is 2. The van der Waals surface area contributed by atoms with E-state index in [4.69, 9.17) is 9.26 Å². The molecule has 2 unspecified atom stereocenters. The van der Waals surface area contributed by atoms with Gasteiger partial charge in [-0.1, -0.05) is 25.9 Å². The second kappa shape index (κ2) is 7.74. The Hall–Kier alpha value is -0.940. The van der Waals surface area contributed by atoms with E-state index in [2.05, 4.69) is 36.2 Å². The second-order valence-electron chi connectivity index (χ2n) is 6.05. The normalized spacial score (nSPS) is 20.7. The van der Waals surface area contributed by atoms with Crippen LogP contribution in [0.1, 0.15) is 45.3 Å². The van der Waals surface area contributed by atoms with Crippen LogP contribution in [0.25, 0.3) is 0 Å². The van der Waals surface area contributed by atoms with Crippen molar-refractivity contribution in [3.8, 4) is 0 Å². The van der Waals surface area contributed by atoms with Gasteiger partial charge in [0.25, 0.3) is 0 Å². The molecule has 0 aliphatic carbocycles. The first kappa shape index (κ1) is 15.4. The quantitative estimate of drug-likeness (QED) is 0.791. The Labute approximate surface area is 121 Å². The summed E-state index contributed by atoms with van der Waals surface area (Å²) in [5.74, 6) is 2.69. The molecule has 1 aliphatic rings. The van der Waals surface area contributed by atoms with Crippen molar-refractivity contribution in [1.82, 2.24) is 15.5 Å². The molecule has 1 aromatic heterocycles. The molecule has 5 nitrogen and oxygen atoms in total. The largest absolute Gasteiger partial charge is 0.381 e. The number of nitrogens with one attached hydrogen (secondary N) is 1. The highest BCUT2D eigenvalue weighted by atomic mass is 16.5. The van der Waals surface area contributed by atoms with Gasteiger partial charge in [-0.25, -0.2) is 0 Å². The van der Waals surface area contributed by atoms with Gasteiger partial charge in [-0.2, -0.15) is 4.98 Å². The van der Waals surface area contributed by atoms with Crippen LogP contribution in [0.2, 0.25) is 0 Å². The maximum atomic E-state index is 5.39. The molecule has 1 fully saturated rings. The Kier molecular flexibility index (Phi) is 5.98. The zero-order valence-corrected chi connectivity index (χ0v) is 12.9. The van der Waals surface area contributed by atoms with Crippen LogP contribution in [-0.4, -0.2) is 35.9 Å². The molecular formula is C15H27N3O2. The predicted molar refractivity (Wildman–Crippen MR) is 77.6 cm³/mol. The summed E-state index contributed by atoms with van der Waals surface area (Å²) in [5, 5.41) is 7.65. The summed E-state index contributed by atoms with van der Waals surface area (Å²) in [4.78, 5) is 4.53. The molecule has 0 amide bonds. The van der Waals surface area contributed by atoms with Crippen LogP contribution >= 0.6 is 0 Å². The van der Waals surface area contributed by atoms with Crippen molar-refractivity contribution >= 4 is 0 Å². The summed E-state index contributed by atoms with van der Waals surface area (Å²) in [6, 6.07) is 0.401. The van der Waals surface area contributed by atoms with Gasteiger partial charge in [0.2, 0.25) is 5.89 Å². The Bertz CT molecular complexity index is 386. The van der Waals surface area contributed by atoms with Crippen molar-refractivity contribution in [2.75, 3.05) is 19.8 Å². The third-order valence-electron chi connectivity index (χ3n) is 3.86. The summed E-state index contributed by atoms with van der Waals surface area (Å²) in [6.07, 6.45) is 3.93. The zero-order valence-electron chi connectivity index (χ0n) is 12.9. The molecule has 20 heavy (non-hydrogen) atoms. The molecule has 1 N–H and O–H groups in total. The molecular weight excluding hydrogens is 254 g/mol. The first-order valence-corrected chi connectivity index (χ1v) is 7.81. The Morgan fingerprint density at radius 1 is 1.40 bits per heavy atom. The average Bonchev–Trinajstić information content (AvgIpc) is 3.06. The van der Waals surface area contributed by atoms with Gasteiger partial charge in [-0.15, -0.1) is 0 Å². The highest BCUT2D eigenvalue weighted by Gasteiger charge is 2.21. The second-order valence-corrected chi connectivity index (χ2v) is 6.05. The molecule has 114 valence electrons. The lowest BCUT2D eigenvalue weighted by molar-refractivity contribution is 0.185. The van der Waals surface area contributed by atoms with E-state index in [1.54, 1.807) is 0 Å². The Morgan fingerprint density at radius 3 is 2.90 bits per heavy atom. The van der Waals surface area contributed by atoms with Crippen LogP contribution in [-0.2, 0) is 17.6 Å². The molecule has 0 aromatic carbocycles. The van der Waals surface area contributed by atoms with Crippen LogP contribution in [0.3, 0.4) is 0 Å². The molecule has 1 aliphatic heterocycles. The summed E-state index contributed by atoms with van der Waals surface area (Å²) in [5.41, 5.74) is 0. The highest BCUT2D eigenvalue weighted by molar-refractivity contribution is 4.92. The fourth-order valence-electron chi connectivity index (χ4n) is 2.52. The van der Waals surface area contributed by atoms with Crippen LogP contribution in [0.15, 0.2) is 4.52 Å². The summed E-state index contributed by atoms with van der Waals surface area (Å²) >= 11 is 0. The van der Waals surface area contributed by atoms with E-state index in [1.807, 2.05) is 0 Å². The number of ether oxygens (including phenoxy) is 1. The minimum absolute atomic E-state index is 0.401. The lowest BCUT2D eigenvalue weighted by Crippen LogP contribution is -2.36. The van der Waals surface area contributed by atoms with Gasteiger partial charge >= 0.3 is 0 Å². The number of rotatable bonds is 8. The molecule has 2 atom stereocenters. The van der Waals surface area contributed by atoms with Crippen molar-refractivity contribution in [1.29, 1.82) is 0 Å².